The van der Waals surface area contributed by atoms with E-state index in [0.29, 0.717) is 45.8 Å². The molecule has 2 aromatic heterocycles. The standard InChI is InChI=1S/C44H44N2O4/c1-43(2,3)29-21-27(39-33(23-29)37(41(47)48)31-11-7-9-13-35(31)45-39)19-25-15-17-26(18-16-25)20-28-22-30(44(4,5)6)24-34-38(42(49)50)32-12-8-10-14-36(32)46-40(28)34/h7-20,29-30H,21-24H2,1-6H3,(H,47,48)(H,49,50)/b27-19-,28-20-/t29-,30-/m1/s1. The second kappa shape index (κ2) is 12.3. The van der Waals surface area contributed by atoms with Gasteiger partial charge in [0.05, 0.1) is 33.5 Å². The van der Waals surface area contributed by atoms with Crippen molar-refractivity contribution in [1.82, 2.24) is 9.97 Å². The Bertz CT molecular complexity index is 2090. The average molecular weight is 665 g/mol. The van der Waals surface area contributed by atoms with E-state index in [1.165, 1.54) is 0 Å². The molecular weight excluding hydrogens is 620 g/mol. The molecule has 2 atom stereocenters. The van der Waals surface area contributed by atoms with Crippen LogP contribution in [-0.4, -0.2) is 32.1 Å². The van der Waals surface area contributed by atoms with Gasteiger partial charge in [0.15, 0.2) is 0 Å². The van der Waals surface area contributed by atoms with Gasteiger partial charge in [0.25, 0.3) is 0 Å². The number of carboxylic acids is 2. The van der Waals surface area contributed by atoms with Crippen LogP contribution in [0.25, 0.3) is 45.1 Å². The second-order valence-electron chi connectivity index (χ2n) is 16.2. The van der Waals surface area contributed by atoms with Gasteiger partial charge in [-0.3, -0.25) is 0 Å². The minimum Gasteiger partial charge on any atom is -0.478 e. The van der Waals surface area contributed by atoms with Crippen LogP contribution in [0.2, 0.25) is 0 Å². The molecule has 7 rings (SSSR count). The fourth-order valence-electron chi connectivity index (χ4n) is 7.85. The fraction of sp³-hybridized carbons (Fsp3) is 0.318. The van der Waals surface area contributed by atoms with Crippen LogP contribution >= 0.6 is 0 Å². The molecule has 6 heteroatoms. The molecule has 2 aliphatic carbocycles. The molecule has 3 aromatic carbocycles. The molecule has 0 fully saturated rings. The van der Waals surface area contributed by atoms with Crippen LogP contribution < -0.4 is 0 Å². The predicted molar refractivity (Wildman–Crippen MR) is 202 cm³/mol. The molecule has 0 bridgehead atoms. The van der Waals surface area contributed by atoms with Crippen LogP contribution in [0.3, 0.4) is 0 Å². The summed E-state index contributed by atoms with van der Waals surface area (Å²) in [7, 11) is 0. The first-order valence-electron chi connectivity index (χ1n) is 17.5. The highest BCUT2D eigenvalue weighted by molar-refractivity contribution is 6.07. The number of para-hydroxylation sites is 2. The van der Waals surface area contributed by atoms with Crippen molar-refractivity contribution >= 4 is 57.0 Å². The van der Waals surface area contributed by atoms with Gasteiger partial charge < -0.3 is 10.2 Å². The molecule has 0 amide bonds. The van der Waals surface area contributed by atoms with Gasteiger partial charge in [-0.1, -0.05) is 102 Å². The minimum absolute atomic E-state index is 0.0185. The van der Waals surface area contributed by atoms with Gasteiger partial charge in [0.2, 0.25) is 0 Å². The summed E-state index contributed by atoms with van der Waals surface area (Å²) in [5.41, 5.74) is 9.42. The molecule has 50 heavy (non-hydrogen) atoms. The quantitative estimate of drug-likeness (QED) is 0.198. The van der Waals surface area contributed by atoms with E-state index in [0.717, 1.165) is 57.6 Å². The van der Waals surface area contributed by atoms with Crippen LogP contribution in [-0.2, 0) is 12.8 Å². The number of benzene rings is 3. The number of hydrogen-bond acceptors (Lipinski definition) is 4. The highest BCUT2D eigenvalue weighted by Crippen LogP contribution is 2.46. The smallest absolute Gasteiger partial charge is 0.336 e. The van der Waals surface area contributed by atoms with Crippen LogP contribution in [0.5, 0.6) is 0 Å². The molecule has 2 aliphatic rings. The van der Waals surface area contributed by atoms with Gasteiger partial charge in [-0.2, -0.15) is 0 Å². The summed E-state index contributed by atoms with van der Waals surface area (Å²) >= 11 is 0. The predicted octanol–water partition coefficient (Wildman–Crippen LogP) is 10.5. The fourth-order valence-corrected chi connectivity index (χ4v) is 7.85. The normalized spacial score (nSPS) is 19.5. The number of pyridine rings is 2. The third-order valence-corrected chi connectivity index (χ3v) is 10.9. The van der Waals surface area contributed by atoms with Crippen LogP contribution in [0.15, 0.2) is 72.8 Å². The Morgan fingerprint density at radius 3 is 1.28 bits per heavy atom. The van der Waals surface area contributed by atoms with E-state index in [4.69, 9.17) is 9.97 Å². The third kappa shape index (κ3) is 6.12. The lowest BCUT2D eigenvalue weighted by atomic mass is 9.68. The Labute approximate surface area is 293 Å². The Morgan fingerprint density at radius 2 is 0.940 bits per heavy atom. The number of fused-ring (bicyclic) bond motifs is 4. The van der Waals surface area contributed by atoms with Crippen molar-refractivity contribution < 1.29 is 19.8 Å². The Morgan fingerprint density at radius 1 is 0.580 bits per heavy atom. The summed E-state index contributed by atoms with van der Waals surface area (Å²) in [6, 6.07) is 23.4. The maximum Gasteiger partial charge on any atom is 0.336 e. The first-order valence-corrected chi connectivity index (χ1v) is 17.5. The second-order valence-corrected chi connectivity index (χ2v) is 16.2. The molecule has 0 radical (unpaired) electrons. The lowest BCUT2D eigenvalue weighted by Crippen LogP contribution is -2.28. The third-order valence-electron chi connectivity index (χ3n) is 10.9. The Hall–Kier alpha value is -5.10. The SMILES string of the molecule is CC(C)(C)[C@@H]1C/C(=C/c2ccc(/C=C3/C[C@@H](C(C)(C)C)Cc4c3nc3ccccc3c4C(=O)O)cc2)c2nc3ccccc3c(C(=O)O)c2C1. The van der Waals surface area contributed by atoms with E-state index in [1.54, 1.807) is 0 Å². The summed E-state index contributed by atoms with van der Waals surface area (Å²) in [5, 5.41) is 22.2. The zero-order chi connectivity index (χ0) is 35.5. The van der Waals surface area contributed by atoms with E-state index in [2.05, 4.69) is 78.0 Å². The molecule has 0 saturated carbocycles. The highest BCUT2D eigenvalue weighted by Gasteiger charge is 2.36. The maximum absolute atomic E-state index is 12.7. The first kappa shape index (κ1) is 33.4. The van der Waals surface area contributed by atoms with Crippen LogP contribution in [0, 0.1) is 22.7 Å². The number of aromatic carboxylic acids is 2. The highest BCUT2D eigenvalue weighted by atomic mass is 16.4. The van der Waals surface area contributed by atoms with Gasteiger partial charge >= 0.3 is 11.9 Å². The van der Waals surface area contributed by atoms with E-state index >= 15 is 0 Å². The first-order chi connectivity index (χ1) is 23.7. The molecule has 0 unspecified atom stereocenters. The maximum atomic E-state index is 12.7. The molecule has 0 saturated heterocycles. The molecule has 6 nitrogen and oxygen atoms in total. The zero-order valence-corrected chi connectivity index (χ0v) is 29.7. The van der Waals surface area contributed by atoms with Crippen molar-refractivity contribution in [3.8, 4) is 0 Å². The van der Waals surface area contributed by atoms with Gasteiger partial charge in [0.1, 0.15) is 0 Å². The van der Waals surface area contributed by atoms with E-state index in [9.17, 15) is 19.8 Å². The minimum atomic E-state index is -0.915. The molecule has 5 aromatic rings. The van der Waals surface area contributed by atoms with Crippen molar-refractivity contribution in [2.45, 2.75) is 67.2 Å². The zero-order valence-electron chi connectivity index (χ0n) is 29.7. The molecule has 2 heterocycles. The number of nitrogens with zero attached hydrogens (tertiary/aromatic N) is 2. The van der Waals surface area contributed by atoms with E-state index in [-0.39, 0.29) is 22.7 Å². The molecule has 254 valence electrons. The van der Waals surface area contributed by atoms with E-state index < -0.39 is 11.9 Å². The van der Waals surface area contributed by atoms with Crippen LogP contribution in [0.4, 0.5) is 0 Å². The number of allylic oxidation sites excluding steroid dienone is 2. The molecular formula is C44H44N2O4. The summed E-state index contributed by atoms with van der Waals surface area (Å²) in [4.78, 5) is 35.5. The van der Waals surface area contributed by atoms with Gasteiger partial charge in [-0.15, -0.1) is 0 Å². The van der Waals surface area contributed by atoms with Gasteiger partial charge in [-0.25, -0.2) is 19.6 Å². The largest absolute Gasteiger partial charge is 0.478 e. The number of rotatable bonds is 4. The summed E-state index contributed by atoms with van der Waals surface area (Å²) in [6.45, 7) is 13.3. The lowest BCUT2D eigenvalue weighted by Gasteiger charge is -2.36. The van der Waals surface area contributed by atoms with Gasteiger partial charge in [-0.05, 0) is 106 Å². The number of carboxylic acid groups (broad SMARTS) is 2. The van der Waals surface area contributed by atoms with Gasteiger partial charge in [0, 0.05) is 10.8 Å². The number of hydrogen-bond donors (Lipinski definition) is 2. The average Bonchev–Trinajstić information content (AvgIpc) is 3.06. The summed E-state index contributed by atoms with van der Waals surface area (Å²) < 4.78 is 0. The monoisotopic (exact) mass is 664 g/mol. The van der Waals surface area contributed by atoms with Crippen molar-refractivity contribution in [3.63, 3.8) is 0 Å². The number of carbonyl (C=O) groups is 2. The van der Waals surface area contributed by atoms with Crippen molar-refractivity contribution in [2.24, 2.45) is 22.7 Å². The molecule has 2 N–H and O–H groups in total. The summed E-state index contributed by atoms with van der Waals surface area (Å²) in [6.07, 6.45) is 7.30. The Balaban J connectivity index is 1.32. The van der Waals surface area contributed by atoms with Crippen LogP contribution in [0.1, 0.15) is 109 Å². The molecule has 0 aliphatic heterocycles. The summed E-state index contributed by atoms with van der Waals surface area (Å²) in [5.74, 6) is -1.32. The van der Waals surface area contributed by atoms with Crippen molar-refractivity contribution in [1.29, 1.82) is 0 Å². The van der Waals surface area contributed by atoms with Crippen molar-refractivity contribution in [2.75, 3.05) is 0 Å². The molecule has 0 spiro atoms. The lowest BCUT2D eigenvalue weighted by molar-refractivity contribution is 0.0685. The topological polar surface area (TPSA) is 100 Å². The van der Waals surface area contributed by atoms with Crippen molar-refractivity contribution in [3.05, 3.63) is 118 Å². The van der Waals surface area contributed by atoms with E-state index in [1.807, 2.05) is 48.5 Å². The number of aromatic nitrogens is 2. The Kier molecular flexibility index (Phi) is 8.25.